The second kappa shape index (κ2) is 6.75. The second-order valence-electron chi connectivity index (χ2n) is 2.98. The summed E-state index contributed by atoms with van der Waals surface area (Å²) in [6.45, 7) is 0.319. The fourth-order valence-electron chi connectivity index (χ4n) is 1.08. The molecule has 0 amide bonds. The average Bonchev–Trinajstić information content (AvgIpc) is 2.27. The highest BCUT2D eigenvalue weighted by Crippen LogP contribution is 2.20. The Morgan fingerprint density at radius 2 is 2.12 bits per heavy atom. The molecule has 0 bridgehead atoms. The van der Waals surface area contributed by atoms with Crippen molar-refractivity contribution in [1.29, 1.82) is 0 Å². The summed E-state index contributed by atoms with van der Waals surface area (Å²) in [7, 11) is -2.38. The Hall–Kier alpha value is -0.890. The minimum absolute atomic E-state index is 0. The first-order chi connectivity index (χ1) is 7.51. The Balaban J connectivity index is 0.00000256. The van der Waals surface area contributed by atoms with Crippen molar-refractivity contribution in [3.8, 4) is 5.75 Å². The summed E-state index contributed by atoms with van der Waals surface area (Å²) in [4.78, 5) is -0.0563. The molecule has 8 heteroatoms. The monoisotopic (exact) mass is 284 g/mol. The van der Waals surface area contributed by atoms with E-state index in [0.717, 1.165) is 18.2 Å². The van der Waals surface area contributed by atoms with Crippen molar-refractivity contribution < 1.29 is 17.5 Å². The molecule has 1 rings (SSSR count). The molecule has 1 aromatic carbocycles. The summed E-state index contributed by atoms with van der Waals surface area (Å²) in [6.07, 6.45) is 0. The summed E-state index contributed by atoms with van der Waals surface area (Å²) in [5, 5.41) is 0. The Morgan fingerprint density at radius 1 is 1.47 bits per heavy atom. The minimum Gasteiger partial charge on any atom is -0.494 e. The standard InChI is InChI=1S/C9H13FN2O3S.ClH/c1-15-9-6-7(2-3-8(9)10)16(13,14)12-5-4-11;/h2-3,6,12H,4-5,11H2,1H3;1H. The number of hydrogen-bond acceptors (Lipinski definition) is 4. The first-order valence-corrected chi connectivity index (χ1v) is 6.03. The van der Waals surface area contributed by atoms with E-state index in [4.69, 9.17) is 10.5 Å². The molecule has 5 nitrogen and oxygen atoms in total. The first kappa shape index (κ1) is 16.1. The van der Waals surface area contributed by atoms with Gasteiger partial charge >= 0.3 is 0 Å². The van der Waals surface area contributed by atoms with Crippen molar-refractivity contribution >= 4 is 22.4 Å². The van der Waals surface area contributed by atoms with Crippen LogP contribution in [0.2, 0.25) is 0 Å². The van der Waals surface area contributed by atoms with Crippen molar-refractivity contribution in [2.24, 2.45) is 5.73 Å². The fourth-order valence-corrected chi connectivity index (χ4v) is 2.15. The van der Waals surface area contributed by atoms with E-state index in [-0.39, 0.29) is 36.1 Å². The number of hydrogen-bond donors (Lipinski definition) is 2. The van der Waals surface area contributed by atoms with Crippen LogP contribution in [0.25, 0.3) is 0 Å². The van der Waals surface area contributed by atoms with Crippen LogP contribution in [0.15, 0.2) is 23.1 Å². The van der Waals surface area contributed by atoms with E-state index in [1.807, 2.05) is 0 Å². The van der Waals surface area contributed by atoms with Crippen molar-refractivity contribution in [2.45, 2.75) is 4.90 Å². The molecule has 0 saturated carbocycles. The normalized spacial score (nSPS) is 10.8. The van der Waals surface area contributed by atoms with E-state index < -0.39 is 15.8 Å². The maximum absolute atomic E-state index is 13.0. The summed E-state index contributed by atoms with van der Waals surface area (Å²) < 4.78 is 43.3. The smallest absolute Gasteiger partial charge is 0.240 e. The second-order valence-corrected chi connectivity index (χ2v) is 4.75. The summed E-state index contributed by atoms with van der Waals surface area (Å²) in [6, 6.07) is 3.32. The van der Waals surface area contributed by atoms with Gasteiger partial charge in [-0.1, -0.05) is 0 Å². The molecule has 0 aliphatic rings. The van der Waals surface area contributed by atoms with Gasteiger partial charge in [-0.05, 0) is 12.1 Å². The topological polar surface area (TPSA) is 81.4 Å². The molecule has 1 aromatic rings. The van der Waals surface area contributed by atoms with Crippen LogP contribution in [0.4, 0.5) is 4.39 Å². The molecule has 98 valence electrons. The lowest BCUT2D eigenvalue weighted by molar-refractivity contribution is 0.385. The van der Waals surface area contributed by atoms with Crippen molar-refractivity contribution in [2.75, 3.05) is 20.2 Å². The molecule has 0 radical (unpaired) electrons. The minimum atomic E-state index is -3.65. The van der Waals surface area contributed by atoms with Gasteiger partial charge in [0.05, 0.1) is 12.0 Å². The molecule has 3 N–H and O–H groups in total. The van der Waals surface area contributed by atoms with Crippen LogP contribution in [0.5, 0.6) is 5.75 Å². The first-order valence-electron chi connectivity index (χ1n) is 4.54. The molecule has 0 fully saturated rings. The number of benzene rings is 1. The summed E-state index contributed by atoms with van der Waals surface area (Å²) >= 11 is 0. The molecule has 0 aliphatic carbocycles. The number of nitrogens with two attached hydrogens (primary N) is 1. The molecule has 0 saturated heterocycles. The zero-order chi connectivity index (χ0) is 12.2. The molecule has 0 heterocycles. The fraction of sp³-hybridized carbons (Fsp3) is 0.333. The maximum atomic E-state index is 13.0. The Morgan fingerprint density at radius 3 is 2.65 bits per heavy atom. The third-order valence-corrected chi connectivity index (χ3v) is 3.33. The molecule has 0 unspecified atom stereocenters. The Labute approximate surface area is 106 Å². The van der Waals surface area contributed by atoms with Gasteiger partial charge in [0.1, 0.15) is 0 Å². The predicted molar refractivity (Wildman–Crippen MR) is 64.4 cm³/mol. The third-order valence-electron chi connectivity index (χ3n) is 1.87. The maximum Gasteiger partial charge on any atom is 0.240 e. The Kier molecular flexibility index (Phi) is 6.40. The zero-order valence-electron chi connectivity index (χ0n) is 9.14. The number of nitrogens with one attached hydrogen (secondary N) is 1. The lowest BCUT2D eigenvalue weighted by atomic mass is 10.3. The highest BCUT2D eigenvalue weighted by Gasteiger charge is 2.15. The van der Waals surface area contributed by atoms with Crippen molar-refractivity contribution in [1.82, 2.24) is 4.72 Å². The van der Waals surface area contributed by atoms with Gasteiger partial charge in [-0.25, -0.2) is 17.5 Å². The molecule has 0 aliphatic heterocycles. The predicted octanol–water partition coefficient (Wildman–Crippen LogP) is 0.493. The van der Waals surface area contributed by atoms with Crippen LogP contribution in [-0.4, -0.2) is 28.6 Å². The van der Waals surface area contributed by atoms with Crippen LogP contribution in [0.3, 0.4) is 0 Å². The largest absolute Gasteiger partial charge is 0.494 e. The lowest BCUT2D eigenvalue weighted by Gasteiger charge is -2.07. The van der Waals surface area contributed by atoms with Gasteiger partial charge < -0.3 is 10.5 Å². The molecular formula is C9H14ClFN2O3S. The number of ether oxygens (including phenoxy) is 1. The van der Waals surface area contributed by atoms with E-state index in [1.54, 1.807) is 0 Å². The van der Waals surface area contributed by atoms with Crippen molar-refractivity contribution in [3.63, 3.8) is 0 Å². The molecular weight excluding hydrogens is 271 g/mol. The average molecular weight is 285 g/mol. The van der Waals surface area contributed by atoms with Crippen molar-refractivity contribution in [3.05, 3.63) is 24.0 Å². The van der Waals surface area contributed by atoms with E-state index in [0.29, 0.717) is 0 Å². The number of rotatable bonds is 5. The van der Waals surface area contributed by atoms with E-state index in [9.17, 15) is 12.8 Å². The van der Waals surface area contributed by atoms with Crippen LogP contribution in [0.1, 0.15) is 0 Å². The number of methoxy groups -OCH3 is 1. The van der Waals surface area contributed by atoms with Crippen LogP contribution < -0.4 is 15.2 Å². The van der Waals surface area contributed by atoms with Crippen LogP contribution in [-0.2, 0) is 10.0 Å². The zero-order valence-corrected chi connectivity index (χ0v) is 10.8. The van der Waals surface area contributed by atoms with Gasteiger partial charge in [0, 0.05) is 19.2 Å². The van der Waals surface area contributed by atoms with E-state index in [1.165, 1.54) is 7.11 Å². The number of sulfonamides is 1. The molecule has 17 heavy (non-hydrogen) atoms. The third kappa shape index (κ3) is 4.12. The highest BCUT2D eigenvalue weighted by atomic mass is 35.5. The van der Waals surface area contributed by atoms with Gasteiger partial charge in [0.2, 0.25) is 10.0 Å². The SMILES string of the molecule is COc1cc(S(=O)(=O)NCCN)ccc1F.Cl. The van der Waals surface area contributed by atoms with E-state index in [2.05, 4.69) is 4.72 Å². The highest BCUT2D eigenvalue weighted by molar-refractivity contribution is 7.89. The molecule has 0 atom stereocenters. The summed E-state index contributed by atoms with van der Waals surface area (Å²) in [5.41, 5.74) is 5.18. The van der Waals surface area contributed by atoms with Gasteiger partial charge in [0.25, 0.3) is 0 Å². The van der Waals surface area contributed by atoms with Gasteiger partial charge in [-0.3, -0.25) is 0 Å². The lowest BCUT2D eigenvalue weighted by Crippen LogP contribution is -2.29. The van der Waals surface area contributed by atoms with Gasteiger partial charge in [0.15, 0.2) is 11.6 Å². The van der Waals surface area contributed by atoms with E-state index >= 15 is 0 Å². The quantitative estimate of drug-likeness (QED) is 0.825. The van der Waals surface area contributed by atoms with Gasteiger partial charge in [-0.15, -0.1) is 12.4 Å². The Bertz CT molecular complexity index is 467. The summed E-state index contributed by atoms with van der Waals surface area (Å²) in [5.74, 6) is -0.726. The van der Waals surface area contributed by atoms with Crippen LogP contribution >= 0.6 is 12.4 Å². The van der Waals surface area contributed by atoms with Gasteiger partial charge in [-0.2, -0.15) is 0 Å². The number of halogens is 2. The molecule has 0 spiro atoms. The molecule has 0 aromatic heterocycles. The van der Waals surface area contributed by atoms with Crippen LogP contribution in [0, 0.1) is 5.82 Å².